The Morgan fingerprint density at radius 1 is 0.931 bits per heavy atom. The molecule has 2 aromatic carbocycles. The fourth-order valence-corrected chi connectivity index (χ4v) is 5.87. The molecule has 0 aliphatic carbocycles. The minimum Gasteiger partial charge on any atom is -0.224 e. The molecule has 0 saturated carbocycles. The van der Waals surface area contributed by atoms with Crippen molar-refractivity contribution in [1.29, 1.82) is 0 Å². The van der Waals surface area contributed by atoms with Crippen LogP contribution in [0.5, 0.6) is 0 Å². The van der Waals surface area contributed by atoms with Gasteiger partial charge in [-0.2, -0.15) is 4.72 Å². The Labute approximate surface area is 176 Å². The summed E-state index contributed by atoms with van der Waals surface area (Å²) in [5, 5.41) is 1.90. The van der Waals surface area contributed by atoms with Gasteiger partial charge in [0, 0.05) is 11.1 Å². The minimum absolute atomic E-state index is 0.0306. The number of hydrogen-bond acceptors (Lipinski definition) is 5. The number of sulfonamides is 1. The topological polar surface area (TPSA) is 80.3 Å². The summed E-state index contributed by atoms with van der Waals surface area (Å²) in [7, 11) is -7.45. The molecule has 1 atom stereocenters. The Kier molecular flexibility index (Phi) is 6.58. The summed E-state index contributed by atoms with van der Waals surface area (Å²) in [5.41, 5.74) is 2.03. The van der Waals surface area contributed by atoms with Gasteiger partial charge in [-0.05, 0) is 47.2 Å². The van der Waals surface area contributed by atoms with E-state index in [4.69, 9.17) is 0 Å². The first-order valence-electron chi connectivity index (χ1n) is 9.15. The predicted octanol–water partition coefficient (Wildman–Crippen LogP) is 4.17. The molecule has 1 heterocycles. The normalized spacial score (nSPS) is 13.3. The second kappa shape index (κ2) is 8.79. The third kappa shape index (κ3) is 5.33. The molecule has 0 radical (unpaired) electrons. The number of rotatable bonds is 8. The predicted molar refractivity (Wildman–Crippen MR) is 116 cm³/mol. The molecule has 0 unspecified atom stereocenters. The van der Waals surface area contributed by atoms with Crippen molar-refractivity contribution in [1.82, 2.24) is 4.72 Å². The van der Waals surface area contributed by atoms with Gasteiger partial charge in [0.2, 0.25) is 10.0 Å². The highest BCUT2D eigenvalue weighted by Crippen LogP contribution is 2.29. The lowest BCUT2D eigenvalue weighted by Gasteiger charge is -2.19. The van der Waals surface area contributed by atoms with E-state index in [0.717, 1.165) is 29.5 Å². The van der Waals surface area contributed by atoms with Gasteiger partial charge in [0.15, 0.2) is 9.84 Å². The third-order valence-electron chi connectivity index (χ3n) is 4.50. The van der Waals surface area contributed by atoms with E-state index in [1.54, 1.807) is 0 Å². The van der Waals surface area contributed by atoms with Crippen LogP contribution >= 0.6 is 11.3 Å². The van der Waals surface area contributed by atoms with Crippen LogP contribution in [0.25, 0.3) is 0 Å². The van der Waals surface area contributed by atoms with Crippen molar-refractivity contribution < 1.29 is 16.8 Å². The largest absolute Gasteiger partial charge is 0.241 e. The molecule has 0 spiro atoms. The van der Waals surface area contributed by atoms with Gasteiger partial charge in [-0.1, -0.05) is 49.7 Å². The lowest BCUT2D eigenvalue weighted by atomic mass is 10.0. The molecule has 154 valence electrons. The average Bonchev–Trinajstić information content (AvgIpc) is 3.21. The summed E-state index contributed by atoms with van der Waals surface area (Å²) >= 11 is 1.46. The van der Waals surface area contributed by atoms with Crippen LogP contribution in [0.3, 0.4) is 0 Å². The molecular formula is C21H23NO4S3. The zero-order valence-electron chi connectivity index (χ0n) is 16.2. The highest BCUT2D eigenvalue weighted by molar-refractivity contribution is 7.91. The van der Waals surface area contributed by atoms with E-state index in [-0.39, 0.29) is 9.79 Å². The Morgan fingerprint density at radius 2 is 1.62 bits per heavy atom. The Balaban J connectivity index is 1.98. The first kappa shape index (κ1) is 21.7. The number of nitrogens with one attached hydrogen (secondary N) is 1. The molecule has 0 saturated heterocycles. The number of hydrogen-bond donors (Lipinski definition) is 1. The smallest absolute Gasteiger partial charge is 0.224 e. The van der Waals surface area contributed by atoms with Crippen LogP contribution in [0.2, 0.25) is 0 Å². The van der Waals surface area contributed by atoms with Crippen molar-refractivity contribution in [3.05, 3.63) is 82.0 Å². The summed E-state index contributed by atoms with van der Waals surface area (Å²) in [6.45, 7) is 2.11. The van der Waals surface area contributed by atoms with Crippen LogP contribution in [0.1, 0.15) is 35.4 Å². The van der Waals surface area contributed by atoms with Crippen molar-refractivity contribution in [2.75, 3.05) is 6.26 Å². The molecular weight excluding hydrogens is 426 g/mol. The second-order valence-electron chi connectivity index (χ2n) is 6.81. The third-order valence-corrected chi connectivity index (χ3v) is 7.96. The monoisotopic (exact) mass is 449 g/mol. The van der Waals surface area contributed by atoms with E-state index in [1.165, 1.54) is 41.2 Å². The molecule has 1 aromatic heterocycles. The summed E-state index contributed by atoms with van der Waals surface area (Å²) < 4.78 is 52.5. The zero-order chi connectivity index (χ0) is 21.1. The highest BCUT2D eigenvalue weighted by Gasteiger charge is 2.24. The maximum absolute atomic E-state index is 13.1. The Bertz CT molecular complexity index is 1170. The molecule has 0 fully saturated rings. The highest BCUT2D eigenvalue weighted by atomic mass is 32.2. The number of sulfone groups is 1. The van der Waals surface area contributed by atoms with Crippen LogP contribution in [-0.4, -0.2) is 23.1 Å². The van der Waals surface area contributed by atoms with E-state index < -0.39 is 25.9 Å². The van der Waals surface area contributed by atoms with E-state index in [2.05, 4.69) is 11.6 Å². The molecule has 0 aliphatic heterocycles. The fraction of sp³-hybridized carbons (Fsp3) is 0.238. The molecule has 1 N–H and O–H groups in total. The van der Waals surface area contributed by atoms with Crippen molar-refractivity contribution in [3.63, 3.8) is 0 Å². The fourth-order valence-electron chi connectivity index (χ4n) is 3.01. The van der Waals surface area contributed by atoms with Gasteiger partial charge in [-0.3, -0.25) is 0 Å². The van der Waals surface area contributed by atoms with E-state index in [0.29, 0.717) is 0 Å². The van der Waals surface area contributed by atoms with E-state index >= 15 is 0 Å². The Hall–Kier alpha value is -2.00. The lowest BCUT2D eigenvalue weighted by molar-refractivity contribution is 0.573. The summed E-state index contributed by atoms with van der Waals surface area (Å²) in [6, 6.07) is 16.5. The van der Waals surface area contributed by atoms with Crippen molar-refractivity contribution in [2.45, 2.75) is 35.6 Å². The van der Waals surface area contributed by atoms with Crippen molar-refractivity contribution >= 4 is 31.2 Å². The molecule has 3 aromatic rings. The molecule has 0 amide bonds. The van der Waals surface area contributed by atoms with Gasteiger partial charge in [0.05, 0.1) is 15.8 Å². The van der Waals surface area contributed by atoms with Crippen molar-refractivity contribution in [2.24, 2.45) is 0 Å². The van der Waals surface area contributed by atoms with Gasteiger partial charge in [-0.15, -0.1) is 11.3 Å². The summed E-state index contributed by atoms with van der Waals surface area (Å²) in [5.74, 6) is 0. The number of aryl methyl sites for hydroxylation is 1. The van der Waals surface area contributed by atoms with Crippen LogP contribution < -0.4 is 4.72 Å². The maximum Gasteiger partial charge on any atom is 0.241 e. The molecule has 0 aliphatic rings. The van der Waals surface area contributed by atoms with Crippen LogP contribution in [0.4, 0.5) is 0 Å². The van der Waals surface area contributed by atoms with Gasteiger partial charge in [0.25, 0.3) is 0 Å². The van der Waals surface area contributed by atoms with Crippen LogP contribution in [-0.2, 0) is 26.3 Å². The zero-order valence-corrected chi connectivity index (χ0v) is 18.6. The van der Waals surface area contributed by atoms with Gasteiger partial charge >= 0.3 is 0 Å². The lowest BCUT2D eigenvalue weighted by Crippen LogP contribution is -2.29. The Morgan fingerprint density at radius 3 is 2.21 bits per heavy atom. The van der Waals surface area contributed by atoms with E-state index in [9.17, 15) is 16.8 Å². The van der Waals surface area contributed by atoms with Gasteiger partial charge < -0.3 is 0 Å². The molecule has 8 heteroatoms. The first-order chi connectivity index (χ1) is 13.7. The quantitative estimate of drug-likeness (QED) is 0.560. The SMILES string of the molecule is CCCc1ccc([C@H](NS(=O)(=O)c2cccc(S(C)(=O)=O)c2)c2cccs2)cc1. The molecule has 3 rings (SSSR count). The second-order valence-corrected chi connectivity index (χ2v) is 11.5. The molecule has 0 bridgehead atoms. The van der Waals surface area contributed by atoms with Crippen molar-refractivity contribution in [3.8, 4) is 0 Å². The summed E-state index contributed by atoms with van der Waals surface area (Å²) in [6.07, 6.45) is 3.06. The average molecular weight is 450 g/mol. The van der Waals surface area contributed by atoms with Gasteiger partial charge in [-0.25, -0.2) is 16.8 Å². The van der Waals surface area contributed by atoms with Crippen LogP contribution in [0.15, 0.2) is 75.8 Å². The van der Waals surface area contributed by atoms with E-state index in [1.807, 2.05) is 41.8 Å². The van der Waals surface area contributed by atoms with Gasteiger partial charge in [0.1, 0.15) is 0 Å². The van der Waals surface area contributed by atoms with Crippen LogP contribution in [0, 0.1) is 0 Å². The molecule has 29 heavy (non-hydrogen) atoms. The minimum atomic E-state index is -3.94. The molecule has 5 nitrogen and oxygen atoms in total. The maximum atomic E-state index is 13.1. The first-order valence-corrected chi connectivity index (χ1v) is 13.4. The standard InChI is InChI=1S/C21H23NO4S3/c1-3-6-16-10-12-17(13-11-16)21(20-9-5-14-27-20)22-29(25,26)19-8-4-7-18(15-19)28(2,23)24/h4-5,7-15,21-22H,3,6H2,1-2H3/t21-/m0/s1. The number of thiophene rings is 1. The summed E-state index contributed by atoms with van der Waals surface area (Å²) in [4.78, 5) is 0.748. The number of benzene rings is 2.